The molecule has 0 atom stereocenters. The molecule has 0 unspecified atom stereocenters. The number of hydrogen-bond acceptors (Lipinski definition) is 7. The van der Waals surface area contributed by atoms with Crippen LogP contribution in [-0.2, 0) is 23.8 Å². The van der Waals surface area contributed by atoms with Crippen molar-refractivity contribution >= 4 is 11.9 Å². The van der Waals surface area contributed by atoms with Gasteiger partial charge in [-0.3, -0.25) is 4.79 Å². The summed E-state index contributed by atoms with van der Waals surface area (Å²) in [7, 11) is 0. The van der Waals surface area contributed by atoms with E-state index in [1.807, 2.05) is 0 Å². The van der Waals surface area contributed by atoms with Crippen molar-refractivity contribution in [2.75, 3.05) is 39.6 Å². The Balaban J connectivity index is 3.41. The van der Waals surface area contributed by atoms with Gasteiger partial charge in [0.2, 0.25) is 0 Å². The van der Waals surface area contributed by atoms with E-state index in [0.29, 0.717) is 6.61 Å². The van der Waals surface area contributed by atoms with Crippen LogP contribution >= 0.6 is 0 Å². The average molecular weight is 489 g/mol. The lowest BCUT2D eigenvalue weighted by molar-refractivity contribution is -0.164. The lowest BCUT2D eigenvalue weighted by Crippen LogP contribution is -2.40. The fourth-order valence-electron chi connectivity index (χ4n) is 3.75. The summed E-state index contributed by atoms with van der Waals surface area (Å²) in [5.74, 6) is -1.09. The van der Waals surface area contributed by atoms with Gasteiger partial charge >= 0.3 is 11.9 Å². The molecule has 0 amide bonds. The van der Waals surface area contributed by atoms with Crippen molar-refractivity contribution in [2.24, 2.45) is 5.41 Å². The Morgan fingerprint density at radius 2 is 1.09 bits per heavy atom. The van der Waals surface area contributed by atoms with E-state index in [0.717, 1.165) is 12.8 Å². The van der Waals surface area contributed by atoms with Gasteiger partial charge in [-0.25, -0.2) is 4.79 Å². The lowest BCUT2D eigenvalue weighted by atomic mass is 9.87. The molecule has 0 bridgehead atoms. The van der Waals surface area contributed by atoms with E-state index in [4.69, 9.17) is 14.2 Å². The topological polar surface area (TPSA) is 102 Å². The van der Waals surface area contributed by atoms with E-state index in [-0.39, 0.29) is 26.2 Å². The normalized spacial score (nSPS) is 11.5. The zero-order valence-corrected chi connectivity index (χ0v) is 22.0. The molecule has 34 heavy (non-hydrogen) atoms. The van der Waals surface area contributed by atoms with Crippen LogP contribution in [0.25, 0.3) is 0 Å². The van der Waals surface area contributed by atoms with Crippen molar-refractivity contribution in [2.45, 2.75) is 117 Å². The summed E-state index contributed by atoms with van der Waals surface area (Å²) in [4.78, 5) is 23.6. The number of carbonyl (C=O) groups excluding carboxylic acids is 2. The highest BCUT2D eigenvalue weighted by molar-refractivity contribution is 5.77. The number of aliphatic hydroxyl groups excluding tert-OH is 2. The van der Waals surface area contributed by atoms with Crippen molar-refractivity contribution in [1.82, 2.24) is 0 Å². The number of carbonyl (C=O) groups is 2. The van der Waals surface area contributed by atoms with Gasteiger partial charge in [0, 0.05) is 0 Å². The molecule has 0 rings (SSSR count). The van der Waals surface area contributed by atoms with Gasteiger partial charge in [0.15, 0.2) is 0 Å². The number of esters is 2. The predicted molar refractivity (Wildman–Crippen MR) is 135 cm³/mol. The zero-order chi connectivity index (χ0) is 25.3. The standard InChI is InChI=1S/C27H52O7/c1-3-5-6-7-8-9-10-11-12-13-14-15-16-17-18-19-33-25(30)22-32-20-21-34-26(31)27(4-2,23-28)24-29/h28-29H,3-24H2,1-2H3. The first-order valence-electron chi connectivity index (χ1n) is 13.7. The Hall–Kier alpha value is -1.18. The molecule has 7 heteroatoms. The summed E-state index contributed by atoms with van der Waals surface area (Å²) in [6.07, 6.45) is 19.7. The second-order valence-corrected chi connectivity index (χ2v) is 9.31. The van der Waals surface area contributed by atoms with Gasteiger partial charge in [0.1, 0.15) is 18.6 Å². The summed E-state index contributed by atoms with van der Waals surface area (Å²) in [6.45, 7) is 3.21. The second-order valence-electron chi connectivity index (χ2n) is 9.31. The van der Waals surface area contributed by atoms with Crippen LogP contribution in [0.2, 0.25) is 0 Å². The molecule has 0 aliphatic heterocycles. The van der Waals surface area contributed by atoms with Gasteiger partial charge in [-0.05, 0) is 12.8 Å². The van der Waals surface area contributed by atoms with Crippen LogP contribution in [0.1, 0.15) is 117 Å². The monoisotopic (exact) mass is 488 g/mol. The Morgan fingerprint density at radius 3 is 1.53 bits per heavy atom. The van der Waals surface area contributed by atoms with Gasteiger partial charge in [-0.15, -0.1) is 0 Å². The van der Waals surface area contributed by atoms with E-state index in [2.05, 4.69) is 6.92 Å². The molecule has 0 spiro atoms. The van der Waals surface area contributed by atoms with Crippen LogP contribution in [0.5, 0.6) is 0 Å². The van der Waals surface area contributed by atoms with E-state index >= 15 is 0 Å². The summed E-state index contributed by atoms with van der Waals surface area (Å²) in [5.41, 5.74) is -1.29. The van der Waals surface area contributed by atoms with Crippen LogP contribution in [0.4, 0.5) is 0 Å². The van der Waals surface area contributed by atoms with Gasteiger partial charge in [-0.2, -0.15) is 0 Å². The molecule has 0 aliphatic rings. The fourth-order valence-corrected chi connectivity index (χ4v) is 3.75. The molecule has 0 aromatic heterocycles. The second kappa shape index (κ2) is 23.6. The Morgan fingerprint density at radius 1 is 0.618 bits per heavy atom. The van der Waals surface area contributed by atoms with Crippen LogP contribution in [0.15, 0.2) is 0 Å². The van der Waals surface area contributed by atoms with Crippen molar-refractivity contribution in [3.8, 4) is 0 Å². The number of hydrogen-bond donors (Lipinski definition) is 2. The van der Waals surface area contributed by atoms with Crippen LogP contribution < -0.4 is 0 Å². The first-order chi connectivity index (χ1) is 16.6. The number of unbranched alkanes of at least 4 members (excludes halogenated alkanes) is 14. The minimum Gasteiger partial charge on any atom is -0.464 e. The quantitative estimate of drug-likeness (QED) is 0.132. The Bertz CT molecular complexity index is 469. The molecule has 202 valence electrons. The maximum Gasteiger partial charge on any atom is 0.332 e. The summed E-state index contributed by atoms with van der Waals surface area (Å²) < 4.78 is 15.3. The molecule has 2 N–H and O–H groups in total. The van der Waals surface area contributed by atoms with Crippen LogP contribution in [0.3, 0.4) is 0 Å². The first-order valence-corrected chi connectivity index (χ1v) is 13.7. The zero-order valence-electron chi connectivity index (χ0n) is 22.0. The lowest BCUT2D eigenvalue weighted by Gasteiger charge is -2.25. The number of rotatable bonds is 25. The largest absolute Gasteiger partial charge is 0.464 e. The maximum absolute atomic E-state index is 11.9. The van der Waals surface area contributed by atoms with Crippen LogP contribution in [-0.4, -0.2) is 61.8 Å². The van der Waals surface area contributed by atoms with E-state index < -0.39 is 30.6 Å². The highest BCUT2D eigenvalue weighted by Gasteiger charge is 2.37. The minimum atomic E-state index is -1.29. The Labute approximate surface area is 207 Å². The molecule has 0 aliphatic carbocycles. The van der Waals surface area contributed by atoms with E-state index in [1.54, 1.807) is 6.92 Å². The van der Waals surface area contributed by atoms with Crippen LogP contribution in [0, 0.1) is 5.41 Å². The molecule has 0 heterocycles. The molecular weight excluding hydrogens is 436 g/mol. The predicted octanol–water partition coefficient (Wildman–Crippen LogP) is 5.34. The summed E-state index contributed by atoms with van der Waals surface area (Å²) in [6, 6.07) is 0. The van der Waals surface area contributed by atoms with Gasteiger partial charge in [0.25, 0.3) is 0 Å². The third-order valence-corrected chi connectivity index (χ3v) is 6.41. The molecule has 0 aromatic carbocycles. The van der Waals surface area contributed by atoms with Gasteiger partial charge in [0.05, 0.1) is 26.4 Å². The van der Waals surface area contributed by atoms with E-state index in [9.17, 15) is 19.8 Å². The smallest absolute Gasteiger partial charge is 0.332 e. The Kier molecular flexibility index (Phi) is 22.7. The molecule has 0 aromatic rings. The van der Waals surface area contributed by atoms with Crippen molar-refractivity contribution in [3.05, 3.63) is 0 Å². The van der Waals surface area contributed by atoms with Crippen molar-refractivity contribution < 1.29 is 34.0 Å². The number of aliphatic hydroxyl groups is 2. The summed E-state index contributed by atoms with van der Waals surface area (Å²) in [5, 5.41) is 18.6. The highest BCUT2D eigenvalue weighted by Crippen LogP contribution is 2.22. The molecular formula is C27H52O7. The first kappa shape index (κ1) is 32.8. The van der Waals surface area contributed by atoms with Crippen molar-refractivity contribution in [3.63, 3.8) is 0 Å². The highest BCUT2D eigenvalue weighted by atomic mass is 16.6. The molecule has 0 saturated carbocycles. The molecule has 0 radical (unpaired) electrons. The maximum atomic E-state index is 11.9. The third kappa shape index (κ3) is 17.3. The average Bonchev–Trinajstić information content (AvgIpc) is 2.85. The van der Waals surface area contributed by atoms with Gasteiger partial charge < -0.3 is 24.4 Å². The minimum absolute atomic E-state index is 0.0487. The third-order valence-electron chi connectivity index (χ3n) is 6.41. The molecule has 0 fully saturated rings. The molecule has 7 nitrogen and oxygen atoms in total. The fraction of sp³-hybridized carbons (Fsp3) is 0.926. The number of ether oxygens (including phenoxy) is 3. The molecule has 0 saturated heterocycles. The summed E-state index contributed by atoms with van der Waals surface area (Å²) >= 11 is 0. The van der Waals surface area contributed by atoms with Crippen molar-refractivity contribution in [1.29, 1.82) is 0 Å². The van der Waals surface area contributed by atoms with E-state index in [1.165, 1.54) is 83.5 Å². The van der Waals surface area contributed by atoms with Gasteiger partial charge in [-0.1, -0.05) is 104 Å². The SMILES string of the molecule is CCCCCCCCCCCCCCCCCOC(=O)COCCOC(=O)C(CC)(CO)CO.